The molecule has 1 heterocycles. The van der Waals surface area contributed by atoms with Gasteiger partial charge in [-0.05, 0) is 48.5 Å². The van der Waals surface area contributed by atoms with E-state index < -0.39 is 0 Å². The molecule has 0 atom stereocenters. The van der Waals surface area contributed by atoms with Gasteiger partial charge < -0.3 is 5.73 Å². The molecule has 1 aromatic heterocycles. The quantitative estimate of drug-likeness (QED) is 0.721. The lowest BCUT2D eigenvalue weighted by Gasteiger charge is -2.09. The maximum Gasteiger partial charge on any atom is 0.209 e. The molecule has 0 aliphatic heterocycles. The summed E-state index contributed by atoms with van der Waals surface area (Å²) in [5.41, 5.74) is 8.84. The van der Waals surface area contributed by atoms with Gasteiger partial charge in [-0.2, -0.15) is 5.10 Å². The van der Waals surface area contributed by atoms with Crippen molar-refractivity contribution in [3.05, 3.63) is 101 Å². The number of hydrogen-bond acceptors (Lipinski definition) is 4. The number of nitrogens with two attached hydrogens (primary N) is 1. The second-order valence-electron chi connectivity index (χ2n) is 5.69. The van der Waals surface area contributed by atoms with Gasteiger partial charge in [-0.3, -0.25) is 4.79 Å². The van der Waals surface area contributed by atoms with E-state index in [-0.39, 0.29) is 11.1 Å². The highest BCUT2D eigenvalue weighted by Gasteiger charge is 2.10. The molecule has 5 nitrogen and oxygen atoms in total. The van der Waals surface area contributed by atoms with Gasteiger partial charge in [0, 0.05) is 12.3 Å². The average molecular weight is 344 g/mol. The molecule has 3 aromatic rings. The number of rotatable bonds is 5. The Morgan fingerprint density at radius 3 is 2.69 bits per heavy atom. The van der Waals surface area contributed by atoms with Crippen LogP contribution in [-0.2, 0) is 6.42 Å². The maximum atomic E-state index is 12.4. The standard InChI is InChI=1S/C21H20N4O/c1-2-16-7-6-10-18(15-16)25-14-12-20(26)21(24-25)19(11-13-22)23-17-8-4-3-5-9-17/h3-15H,2,22H2,1H3. The SMILES string of the molecule is CCc1cccc(-n2ccc(=O)c(C(C=CN)=Nc3ccccc3)n2)c1. The first kappa shape index (κ1) is 17.4. The van der Waals surface area contributed by atoms with Crippen LogP contribution in [0.4, 0.5) is 5.69 Å². The summed E-state index contributed by atoms with van der Waals surface area (Å²) in [6, 6.07) is 18.9. The van der Waals surface area contributed by atoms with Crippen molar-refractivity contribution >= 4 is 11.4 Å². The number of allylic oxidation sites excluding steroid dienone is 1. The second-order valence-corrected chi connectivity index (χ2v) is 5.69. The topological polar surface area (TPSA) is 73.3 Å². The largest absolute Gasteiger partial charge is 0.405 e. The lowest BCUT2D eigenvalue weighted by atomic mass is 10.1. The van der Waals surface area contributed by atoms with Gasteiger partial charge in [0.25, 0.3) is 0 Å². The van der Waals surface area contributed by atoms with Gasteiger partial charge in [0.2, 0.25) is 5.43 Å². The predicted octanol–water partition coefficient (Wildman–Crippen LogP) is 3.39. The monoisotopic (exact) mass is 344 g/mol. The van der Waals surface area contributed by atoms with Gasteiger partial charge in [0.1, 0.15) is 0 Å². The van der Waals surface area contributed by atoms with Crippen LogP contribution in [0.15, 0.2) is 88.9 Å². The van der Waals surface area contributed by atoms with Crippen LogP contribution in [0.3, 0.4) is 0 Å². The van der Waals surface area contributed by atoms with E-state index in [1.54, 1.807) is 17.0 Å². The van der Waals surface area contributed by atoms with Crippen LogP contribution in [0.2, 0.25) is 0 Å². The summed E-state index contributed by atoms with van der Waals surface area (Å²) in [6.45, 7) is 2.10. The fourth-order valence-corrected chi connectivity index (χ4v) is 2.55. The first-order valence-electron chi connectivity index (χ1n) is 8.43. The van der Waals surface area contributed by atoms with E-state index in [9.17, 15) is 4.79 Å². The number of benzene rings is 2. The lowest BCUT2D eigenvalue weighted by Crippen LogP contribution is -2.20. The van der Waals surface area contributed by atoms with Crippen molar-refractivity contribution in [3.8, 4) is 5.69 Å². The summed E-state index contributed by atoms with van der Waals surface area (Å²) in [4.78, 5) is 16.9. The van der Waals surface area contributed by atoms with E-state index in [0.717, 1.165) is 17.8 Å². The van der Waals surface area contributed by atoms with E-state index >= 15 is 0 Å². The highest BCUT2D eigenvalue weighted by atomic mass is 16.1. The van der Waals surface area contributed by atoms with Crippen LogP contribution in [0.25, 0.3) is 5.69 Å². The van der Waals surface area contributed by atoms with E-state index in [1.165, 1.54) is 17.8 Å². The summed E-state index contributed by atoms with van der Waals surface area (Å²) in [7, 11) is 0. The zero-order chi connectivity index (χ0) is 18.4. The van der Waals surface area contributed by atoms with Crippen LogP contribution in [-0.4, -0.2) is 15.5 Å². The van der Waals surface area contributed by atoms with E-state index in [2.05, 4.69) is 23.1 Å². The normalized spacial score (nSPS) is 11.8. The third kappa shape index (κ3) is 3.95. The molecule has 0 saturated heterocycles. The number of aromatic nitrogens is 2. The van der Waals surface area contributed by atoms with Crippen LogP contribution in [0, 0.1) is 0 Å². The Morgan fingerprint density at radius 2 is 1.96 bits per heavy atom. The lowest BCUT2D eigenvalue weighted by molar-refractivity contribution is 0.827. The minimum atomic E-state index is -0.208. The molecule has 0 saturated carbocycles. The Kier molecular flexibility index (Phi) is 5.39. The Morgan fingerprint density at radius 1 is 1.15 bits per heavy atom. The number of nitrogens with zero attached hydrogens (tertiary/aromatic N) is 3. The van der Waals surface area contributed by atoms with Crippen LogP contribution < -0.4 is 11.2 Å². The Balaban J connectivity index is 2.11. The van der Waals surface area contributed by atoms with Crippen molar-refractivity contribution in [1.29, 1.82) is 0 Å². The zero-order valence-electron chi connectivity index (χ0n) is 14.5. The zero-order valence-corrected chi connectivity index (χ0v) is 14.5. The molecule has 2 N–H and O–H groups in total. The molecule has 130 valence electrons. The summed E-state index contributed by atoms with van der Waals surface area (Å²) in [6.07, 6.45) is 5.53. The summed E-state index contributed by atoms with van der Waals surface area (Å²) in [5, 5.41) is 4.50. The van der Waals surface area contributed by atoms with Crippen molar-refractivity contribution in [2.75, 3.05) is 0 Å². The number of aryl methyl sites for hydroxylation is 1. The molecule has 0 radical (unpaired) electrons. The van der Waals surface area contributed by atoms with Gasteiger partial charge in [0.15, 0.2) is 5.69 Å². The highest BCUT2D eigenvalue weighted by molar-refractivity contribution is 6.08. The molecule has 0 aliphatic carbocycles. The molecule has 0 unspecified atom stereocenters. The number of hydrogen-bond donors (Lipinski definition) is 1. The fraction of sp³-hybridized carbons (Fsp3) is 0.0952. The maximum absolute atomic E-state index is 12.4. The smallest absolute Gasteiger partial charge is 0.209 e. The summed E-state index contributed by atoms with van der Waals surface area (Å²) >= 11 is 0. The van der Waals surface area contributed by atoms with Crippen molar-refractivity contribution in [2.45, 2.75) is 13.3 Å². The highest BCUT2D eigenvalue weighted by Crippen LogP contribution is 2.13. The average Bonchev–Trinajstić information content (AvgIpc) is 2.69. The molecule has 0 amide bonds. The Labute approximate surface area is 152 Å². The molecule has 2 aromatic carbocycles. The Bertz CT molecular complexity index is 1000. The molecule has 0 spiro atoms. The molecular formula is C21H20N4O. The van der Waals surface area contributed by atoms with Gasteiger partial charge >= 0.3 is 0 Å². The third-order valence-corrected chi connectivity index (χ3v) is 3.89. The summed E-state index contributed by atoms with van der Waals surface area (Å²) < 4.78 is 1.68. The predicted molar refractivity (Wildman–Crippen MR) is 105 cm³/mol. The molecule has 3 rings (SSSR count). The van der Waals surface area contributed by atoms with Crippen LogP contribution >= 0.6 is 0 Å². The molecule has 0 fully saturated rings. The first-order valence-corrected chi connectivity index (χ1v) is 8.43. The van der Waals surface area contributed by atoms with Gasteiger partial charge in [-0.1, -0.05) is 37.3 Å². The number of para-hydroxylation sites is 1. The van der Waals surface area contributed by atoms with E-state index in [1.807, 2.05) is 48.5 Å². The minimum Gasteiger partial charge on any atom is -0.405 e. The van der Waals surface area contributed by atoms with Crippen molar-refractivity contribution in [3.63, 3.8) is 0 Å². The minimum absolute atomic E-state index is 0.208. The van der Waals surface area contributed by atoms with E-state index in [0.29, 0.717) is 5.71 Å². The third-order valence-electron chi connectivity index (χ3n) is 3.89. The molecule has 5 heteroatoms. The fourth-order valence-electron chi connectivity index (χ4n) is 2.55. The van der Waals surface area contributed by atoms with Crippen molar-refractivity contribution in [2.24, 2.45) is 10.7 Å². The van der Waals surface area contributed by atoms with Crippen molar-refractivity contribution in [1.82, 2.24) is 9.78 Å². The van der Waals surface area contributed by atoms with Gasteiger partial charge in [0.05, 0.1) is 17.1 Å². The Hall–Kier alpha value is -3.47. The van der Waals surface area contributed by atoms with E-state index in [4.69, 9.17) is 5.73 Å². The molecule has 0 bridgehead atoms. The first-order chi connectivity index (χ1) is 12.7. The second kappa shape index (κ2) is 8.07. The summed E-state index contributed by atoms with van der Waals surface area (Å²) in [5.74, 6) is 0. The van der Waals surface area contributed by atoms with Crippen LogP contribution in [0.1, 0.15) is 18.2 Å². The van der Waals surface area contributed by atoms with Crippen molar-refractivity contribution < 1.29 is 0 Å². The molecule has 0 aliphatic rings. The molecule has 26 heavy (non-hydrogen) atoms. The van der Waals surface area contributed by atoms with Crippen LogP contribution in [0.5, 0.6) is 0 Å². The van der Waals surface area contributed by atoms with Gasteiger partial charge in [-0.15, -0.1) is 0 Å². The van der Waals surface area contributed by atoms with Gasteiger partial charge in [-0.25, -0.2) is 9.67 Å². The molecular weight excluding hydrogens is 324 g/mol. The number of aliphatic imine (C=N–C) groups is 1.